The molecule has 0 bridgehead atoms. The lowest BCUT2D eigenvalue weighted by molar-refractivity contribution is -0.0566. The molecule has 2 aliphatic heterocycles. The van der Waals surface area contributed by atoms with Gasteiger partial charge in [0.15, 0.2) is 11.2 Å². The van der Waals surface area contributed by atoms with Crippen LogP contribution in [0.5, 0.6) is 0 Å². The third-order valence-electron chi connectivity index (χ3n) is 5.11. The standard InChI is InChI=1S/C20H22FN5O2/c1-12-17(27)16(22-19-20(2,3)28-10-9-26(12)19)18-24-23-15(25(18)4)11-13-5-7-14(21)8-6-13/h5-8,24H,1,9-11H2,2-4H3/b18-16-. The summed E-state index contributed by atoms with van der Waals surface area (Å²) < 4.78 is 20.8. The molecule has 0 radical (unpaired) electrons. The first-order valence-corrected chi connectivity index (χ1v) is 9.07. The molecule has 2 aromatic rings. The van der Waals surface area contributed by atoms with Crippen molar-refractivity contribution in [2.75, 3.05) is 13.7 Å². The van der Waals surface area contributed by atoms with Gasteiger partial charge in [-0.3, -0.25) is 10.2 Å². The zero-order valence-corrected chi connectivity index (χ0v) is 16.1. The topological polar surface area (TPSA) is 71.8 Å². The van der Waals surface area contributed by atoms with Crippen LogP contribution in [0.3, 0.4) is 0 Å². The molecule has 0 aliphatic carbocycles. The second-order valence-electron chi connectivity index (χ2n) is 7.42. The van der Waals surface area contributed by atoms with Crippen LogP contribution >= 0.6 is 0 Å². The van der Waals surface area contributed by atoms with Crippen molar-refractivity contribution in [1.29, 1.82) is 0 Å². The molecule has 0 saturated heterocycles. The summed E-state index contributed by atoms with van der Waals surface area (Å²) in [7, 11) is 1.82. The maximum Gasteiger partial charge on any atom is 0.230 e. The Bertz CT molecular complexity index is 1130. The van der Waals surface area contributed by atoms with Crippen LogP contribution in [-0.4, -0.2) is 33.9 Å². The first-order chi connectivity index (χ1) is 13.3. The number of hydrogen-bond acceptors (Lipinski definition) is 6. The fourth-order valence-corrected chi connectivity index (χ4v) is 3.47. The second-order valence-corrected chi connectivity index (χ2v) is 7.42. The van der Waals surface area contributed by atoms with E-state index in [1.807, 2.05) is 25.5 Å². The first-order valence-electron chi connectivity index (χ1n) is 9.07. The molecule has 8 heteroatoms. The Morgan fingerprint density at radius 2 is 2.04 bits per heavy atom. The summed E-state index contributed by atoms with van der Waals surface area (Å²) in [6, 6.07) is 6.25. The number of nitrogens with zero attached hydrogens (tertiary/aromatic N) is 4. The minimum absolute atomic E-state index is 0.242. The Hall–Kier alpha value is -3.00. The summed E-state index contributed by atoms with van der Waals surface area (Å²) in [6.07, 6.45) is 0.493. The van der Waals surface area contributed by atoms with Crippen molar-refractivity contribution < 1.29 is 9.13 Å². The van der Waals surface area contributed by atoms with Crippen molar-refractivity contribution >= 4 is 18.2 Å². The van der Waals surface area contributed by atoms with Gasteiger partial charge in [-0.25, -0.2) is 9.37 Å². The van der Waals surface area contributed by atoms with Crippen LogP contribution < -0.4 is 21.6 Å². The zero-order valence-electron chi connectivity index (χ0n) is 16.1. The van der Waals surface area contributed by atoms with E-state index in [2.05, 4.69) is 22.1 Å². The Morgan fingerprint density at radius 3 is 2.75 bits per heavy atom. The highest BCUT2D eigenvalue weighted by molar-refractivity contribution is 5.91. The lowest BCUT2D eigenvalue weighted by Gasteiger charge is -2.32. The van der Waals surface area contributed by atoms with E-state index in [9.17, 15) is 9.18 Å². The van der Waals surface area contributed by atoms with Crippen molar-refractivity contribution in [3.05, 3.63) is 62.4 Å². The number of aromatic nitrogens is 2. The number of amidine groups is 1. The van der Waals surface area contributed by atoms with Gasteiger partial charge < -0.3 is 14.2 Å². The molecule has 0 fully saturated rings. The molecule has 0 amide bonds. The van der Waals surface area contributed by atoms with Crippen LogP contribution in [0, 0.1) is 5.82 Å². The Kier molecular flexibility index (Phi) is 4.30. The van der Waals surface area contributed by atoms with Gasteiger partial charge in [-0.2, -0.15) is 5.10 Å². The average molecular weight is 383 g/mol. The predicted molar refractivity (Wildman–Crippen MR) is 104 cm³/mol. The van der Waals surface area contributed by atoms with Crippen molar-refractivity contribution in [1.82, 2.24) is 19.9 Å². The summed E-state index contributed by atoms with van der Waals surface area (Å²) in [4.78, 5) is 19.3. The average Bonchev–Trinajstić information content (AvgIpc) is 3.00. The Labute approximate surface area is 161 Å². The van der Waals surface area contributed by atoms with E-state index in [0.29, 0.717) is 42.4 Å². The Morgan fingerprint density at radius 1 is 1.32 bits per heavy atom. The van der Waals surface area contributed by atoms with Gasteiger partial charge in [0, 0.05) is 20.0 Å². The highest BCUT2D eigenvalue weighted by Crippen LogP contribution is 2.24. The van der Waals surface area contributed by atoms with Crippen LogP contribution in [0.1, 0.15) is 25.2 Å². The van der Waals surface area contributed by atoms with E-state index >= 15 is 0 Å². The van der Waals surface area contributed by atoms with Gasteiger partial charge in [0.2, 0.25) is 5.43 Å². The normalized spacial score (nSPS) is 19.9. The van der Waals surface area contributed by atoms with Gasteiger partial charge in [-0.1, -0.05) is 18.7 Å². The number of halogens is 1. The van der Waals surface area contributed by atoms with E-state index in [1.54, 1.807) is 17.0 Å². The molecule has 7 nitrogen and oxygen atoms in total. The lowest BCUT2D eigenvalue weighted by Crippen LogP contribution is -2.54. The largest absolute Gasteiger partial charge is 0.366 e. The van der Waals surface area contributed by atoms with Crippen LogP contribution in [-0.2, 0) is 23.3 Å². The summed E-state index contributed by atoms with van der Waals surface area (Å²) in [6.45, 7) is 8.87. The summed E-state index contributed by atoms with van der Waals surface area (Å²) >= 11 is 0. The van der Waals surface area contributed by atoms with Gasteiger partial charge in [0.05, 0.1) is 12.0 Å². The van der Waals surface area contributed by atoms with Gasteiger partial charge in [0.25, 0.3) is 0 Å². The zero-order chi connectivity index (χ0) is 20.1. The molecular formula is C20H22FN5O2. The molecule has 0 saturated carbocycles. The molecule has 0 atom stereocenters. The number of benzene rings is 1. The van der Waals surface area contributed by atoms with Crippen LogP contribution in [0.25, 0.3) is 12.4 Å². The fourth-order valence-electron chi connectivity index (χ4n) is 3.47. The van der Waals surface area contributed by atoms with Gasteiger partial charge in [-0.15, -0.1) is 0 Å². The molecule has 1 N–H and O–H groups in total. The molecule has 0 spiro atoms. The monoisotopic (exact) mass is 383 g/mol. The van der Waals surface area contributed by atoms with Gasteiger partial charge in [0.1, 0.15) is 23.1 Å². The first kappa shape index (κ1) is 18.4. The van der Waals surface area contributed by atoms with E-state index in [4.69, 9.17) is 4.74 Å². The summed E-state index contributed by atoms with van der Waals surface area (Å²) in [5, 5.41) is 4.98. The third-order valence-corrected chi connectivity index (χ3v) is 5.11. The molecule has 2 aliphatic rings. The minimum atomic E-state index is -0.622. The van der Waals surface area contributed by atoms with Crippen molar-refractivity contribution in [3.63, 3.8) is 0 Å². The quantitative estimate of drug-likeness (QED) is 0.803. The van der Waals surface area contributed by atoms with E-state index < -0.39 is 5.60 Å². The minimum Gasteiger partial charge on any atom is -0.366 e. The molecular weight excluding hydrogens is 361 g/mol. The number of hydrazone groups is 1. The van der Waals surface area contributed by atoms with Crippen molar-refractivity contribution in [3.8, 4) is 0 Å². The fraction of sp³-hybridized carbons (Fsp3) is 0.350. The number of hydrogen-bond donors (Lipinski definition) is 1. The van der Waals surface area contributed by atoms with Crippen LogP contribution in [0.4, 0.5) is 4.39 Å². The summed E-state index contributed by atoms with van der Waals surface area (Å²) in [5.41, 5.74) is 2.97. The van der Waals surface area contributed by atoms with Gasteiger partial charge >= 0.3 is 0 Å². The lowest BCUT2D eigenvalue weighted by atomic mass is 10.1. The molecule has 0 unspecified atom stereocenters. The number of likely N-dealkylation sites (N-methyl/N-ethyl adjacent to an activating group) is 1. The molecule has 1 aromatic carbocycles. The maximum absolute atomic E-state index is 13.1. The van der Waals surface area contributed by atoms with E-state index in [0.717, 1.165) is 5.56 Å². The SMILES string of the molecule is C=c1c(=O)/c(=C2\NN=C(Cc3ccc(F)cc3)N2C)nc2n1CCOC2(C)C. The maximum atomic E-state index is 13.1. The smallest absolute Gasteiger partial charge is 0.230 e. The van der Waals surface area contributed by atoms with Crippen molar-refractivity contribution in [2.24, 2.45) is 5.10 Å². The number of rotatable bonds is 2. The van der Waals surface area contributed by atoms with Crippen LogP contribution in [0.2, 0.25) is 0 Å². The number of nitrogens with one attached hydrogen (secondary N) is 1. The second kappa shape index (κ2) is 6.56. The Balaban J connectivity index is 1.77. The number of fused-ring (bicyclic) bond motifs is 1. The van der Waals surface area contributed by atoms with Crippen LogP contribution in [0.15, 0.2) is 34.2 Å². The van der Waals surface area contributed by atoms with E-state index in [1.165, 1.54) is 12.1 Å². The molecule has 3 heterocycles. The van der Waals surface area contributed by atoms with Crippen molar-refractivity contribution in [2.45, 2.75) is 32.4 Å². The number of ether oxygens (including phenoxy) is 1. The van der Waals surface area contributed by atoms with Gasteiger partial charge in [-0.05, 0) is 31.5 Å². The van der Waals surface area contributed by atoms with E-state index in [-0.39, 0.29) is 16.6 Å². The highest BCUT2D eigenvalue weighted by atomic mass is 19.1. The highest BCUT2D eigenvalue weighted by Gasteiger charge is 2.32. The predicted octanol–water partition coefficient (Wildman–Crippen LogP) is 0.215. The molecule has 28 heavy (non-hydrogen) atoms. The summed E-state index contributed by atoms with van der Waals surface area (Å²) in [5.74, 6) is 1.58. The molecule has 146 valence electrons. The third kappa shape index (κ3) is 2.99. The molecule has 4 rings (SSSR count). The molecule has 1 aromatic heterocycles.